The molecule has 1 amide bonds. The molecule has 3 rings (SSSR count). The van der Waals surface area contributed by atoms with Gasteiger partial charge in [-0.15, -0.1) is 11.3 Å². The van der Waals surface area contributed by atoms with Crippen LogP contribution in [0.3, 0.4) is 0 Å². The molecule has 2 aromatic heterocycles. The van der Waals surface area contributed by atoms with Gasteiger partial charge in [-0.05, 0) is 42.5 Å². The normalized spacial score (nSPS) is 17.9. The molecule has 3 heterocycles. The van der Waals surface area contributed by atoms with Crippen LogP contribution in [0.25, 0.3) is 0 Å². The van der Waals surface area contributed by atoms with Gasteiger partial charge in [0, 0.05) is 29.7 Å². The summed E-state index contributed by atoms with van der Waals surface area (Å²) in [6.07, 6.45) is 2.60. The van der Waals surface area contributed by atoms with Crippen molar-refractivity contribution in [3.8, 4) is 0 Å². The Morgan fingerprint density at radius 3 is 3.20 bits per heavy atom. The lowest BCUT2D eigenvalue weighted by atomic mass is 10.0. The molecule has 0 fully saturated rings. The average Bonchev–Trinajstić information content (AvgIpc) is 2.96. The van der Waals surface area contributed by atoms with Gasteiger partial charge in [0.2, 0.25) is 0 Å². The Bertz CT molecular complexity index is 638. The highest BCUT2D eigenvalue weighted by molar-refractivity contribution is 7.10. The molecular weight excluding hydrogens is 270 g/mol. The lowest BCUT2D eigenvalue weighted by Gasteiger charge is -2.33. The first-order chi connectivity index (χ1) is 9.70. The van der Waals surface area contributed by atoms with Crippen LogP contribution in [0.2, 0.25) is 0 Å². The third-order valence-corrected chi connectivity index (χ3v) is 4.81. The summed E-state index contributed by atoms with van der Waals surface area (Å²) in [7, 11) is 0. The van der Waals surface area contributed by atoms with Crippen molar-refractivity contribution >= 4 is 17.2 Å². The Hall–Kier alpha value is -1.72. The zero-order valence-corrected chi connectivity index (χ0v) is 12.2. The van der Waals surface area contributed by atoms with Crippen LogP contribution < -0.4 is 5.73 Å². The first-order valence-corrected chi connectivity index (χ1v) is 7.61. The Balaban J connectivity index is 1.88. The number of pyridine rings is 1. The van der Waals surface area contributed by atoms with Gasteiger partial charge in [-0.3, -0.25) is 9.78 Å². The minimum absolute atomic E-state index is 0.0615. The molecule has 20 heavy (non-hydrogen) atoms. The first kappa shape index (κ1) is 13.3. The maximum Gasteiger partial charge on any atom is 0.254 e. The zero-order valence-electron chi connectivity index (χ0n) is 11.4. The predicted octanol–water partition coefficient (Wildman–Crippen LogP) is 2.36. The minimum atomic E-state index is 0.0615. The van der Waals surface area contributed by atoms with Gasteiger partial charge in [0.05, 0.1) is 11.7 Å². The molecule has 0 spiro atoms. The Morgan fingerprint density at radius 2 is 2.40 bits per heavy atom. The number of amides is 1. The molecule has 0 bridgehead atoms. The molecule has 1 aliphatic heterocycles. The van der Waals surface area contributed by atoms with Crippen molar-refractivity contribution < 1.29 is 4.79 Å². The largest absolute Gasteiger partial charge is 0.331 e. The number of nitrogens with two attached hydrogens (primary N) is 1. The lowest BCUT2D eigenvalue weighted by Crippen LogP contribution is -2.38. The van der Waals surface area contributed by atoms with Crippen LogP contribution in [0.1, 0.15) is 39.5 Å². The summed E-state index contributed by atoms with van der Waals surface area (Å²) in [5.41, 5.74) is 8.29. The highest BCUT2D eigenvalue weighted by Gasteiger charge is 2.28. The number of carbonyl (C=O) groups is 1. The molecule has 1 aliphatic rings. The molecule has 5 heteroatoms. The summed E-state index contributed by atoms with van der Waals surface area (Å²) in [6, 6.07) is 5.81. The quantitative estimate of drug-likeness (QED) is 0.922. The molecule has 4 nitrogen and oxygen atoms in total. The standard InChI is InChI=1S/C15H17N3OS/c1-10-13-4-7-20-14(13)3-6-18(10)15(19)11-2-5-17-12(8-11)9-16/h2,4-5,7-8,10H,3,6,9,16H2,1H3. The summed E-state index contributed by atoms with van der Waals surface area (Å²) < 4.78 is 0. The van der Waals surface area contributed by atoms with Crippen molar-refractivity contribution in [2.45, 2.75) is 25.9 Å². The fourth-order valence-corrected chi connectivity index (χ4v) is 3.64. The smallest absolute Gasteiger partial charge is 0.254 e. The van der Waals surface area contributed by atoms with E-state index < -0.39 is 0 Å². The highest BCUT2D eigenvalue weighted by atomic mass is 32.1. The lowest BCUT2D eigenvalue weighted by molar-refractivity contribution is 0.0679. The van der Waals surface area contributed by atoms with E-state index in [1.54, 1.807) is 29.7 Å². The van der Waals surface area contributed by atoms with E-state index >= 15 is 0 Å². The predicted molar refractivity (Wildman–Crippen MR) is 79.6 cm³/mol. The molecular formula is C15H17N3OS. The second-order valence-corrected chi connectivity index (χ2v) is 5.96. The number of carbonyl (C=O) groups excluding carboxylic acids is 1. The average molecular weight is 287 g/mol. The number of rotatable bonds is 2. The number of aromatic nitrogens is 1. The van der Waals surface area contributed by atoms with Crippen LogP contribution in [-0.2, 0) is 13.0 Å². The van der Waals surface area contributed by atoms with E-state index in [9.17, 15) is 4.79 Å². The maximum atomic E-state index is 12.7. The van der Waals surface area contributed by atoms with E-state index in [2.05, 4.69) is 23.4 Å². The fourth-order valence-electron chi connectivity index (χ4n) is 2.68. The molecule has 1 atom stereocenters. The summed E-state index contributed by atoms with van der Waals surface area (Å²) in [4.78, 5) is 20.1. The second kappa shape index (κ2) is 5.34. The summed E-state index contributed by atoms with van der Waals surface area (Å²) >= 11 is 1.78. The van der Waals surface area contributed by atoms with Crippen molar-refractivity contribution in [3.63, 3.8) is 0 Å². The topological polar surface area (TPSA) is 59.2 Å². The molecule has 1 unspecified atom stereocenters. The van der Waals surface area contributed by atoms with E-state index in [0.717, 1.165) is 18.7 Å². The molecule has 0 aliphatic carbocycles. The van der Waals surface area contributed by atoms with Crippen LogP contribution in [0.4, 0.5) is 0 Å². The van der Waals surface area contributed by atoms with Crippen LogP contribution in [0.15, 0.2) is 29.8 Å². The van der Waals surface area contributed by atoms with E-state index in [4.69, 9.17) is 5.73 Å². The summed E-state index contributed by atoms with van der Waals surface area (Å²) in [5, 5.41) is 2.11. The Kier molecular flexibility index (Phi) is 3.54. The molecule has 0 saturated heterocycles. The van der Waals surface area contributed by atoms with Crippen LogP contribution in [0.5, 0.6) is 0 Å². The summed E-state index contributed by atoms with van der Waals surface area (Å²) in [6.45, 7) is 3.22. The minimum Gasteiger partial charge on any atom is -0.331 e. The first-order valence-electron chi connectivity index (χ1n) is 6.73. The van der Waals surface area contributed by atoms with Crippen LogP contribution in [0, 0.1) is 0 Å². The van der Waals surface area contributed by atoms with Gasteiger partial charge >= 0.3 is 0 Å². The van der Waals surface area contributed by atoms with Gasteiger partial charge in [-0.25, -0.2) is 0 Å². The number of hydrogen-bond donors (Lipinski definition) is 1. The monoisotopic (exact) mass is 287 g/mol. The van der Waals surface area contributed by atoms with Gasteiger partial charge in [-0.1, -0.05) is 0 Å². The van der Waals surface area contributed by atoms with Crippen LogP contribution >= 0.6 is 11.3 Å². The number of hydrogen-bond acceptors (Lipinski definition) is 4. The zero-order chi connectivity index (χ0) is 14.1. The van der Waals surface area contributed by atoms with Gasteiger partial charge in [0.1, 0.15) is 0 Å². The van der Waals surface area contributed by atoms with Gasteiger partial charge < -0.3 is 10.6 Å². The van der Waals surface area contributed by atoms with E-state index in [0.29, 0.717) is 12.1 Å². The number of thiophene rings is 1. The van der Waals surface area contributed by atoms with E-state index in [-0.39, 0.29) is 11.9 Å². The van der Waals surface area contributed by atoms with Crippen LogP contribution in [-0.4, -0.2) is 22.3 Å². The molecule has 0 radical (unpaired) electrons. The van der Waals surface area contributed by atoms with E-state index in [1.165, 1.54) is 10.4 Å². The molecule has 2 aromatic rings. The number of nitrogens with zero attached hydrogens (tertiary/aromatic N) is 2. The highest BCUT2D eigenvalue weighted by Crippen LogP contribution is 2.33. The summed E-state index contributed by atoms with van der Waals surface area (Å²) in [5.74, 6) is 0.0615. The SMILES string of the molecule is CC1c2ccsc2CCN1C(=O)c1ccnc(CN)c1. The maximum absolute atomic E-state index is 12.7. The molecule has 104 valence electrons. The molecule has 2 N–H and O–H groups in total. The Morgan fingerprint density at radius 1 is 1.55 bits per heavy atom. The molecule has 0 aromatic carbocycles. The number of fused-ring (bicyclic) bond motifs is 1. The van der Waals surface area contributed by atoms with Gasteiger partial charge in [-0.2, -0.15) is 0 Å². The van der Waals surface area contributed by atoms with Crippen molar-refractivity contribution in [1.29, 1.82) is 0 Å². The third-order valence-electron chi connectivity index (χ3n) is 3.81. The van der Waals surface area contributed by atoms with E-state index in [1.807, 2.05) is 4.90 Å². The second-order valence-electron chi connectivity index (χ2n) is 4.96. The van der Waals surface area contributed by atoms with Crippen molar-refractivity contribution in [2.24, 2.45) is 5.73 Å². The Labute approximate surface area is 122 Å². The van der Waals surface area contributed by atoms with Crippen molar-refractivity contribution in [2.75, 3.05) is 6.54 Å². The van der Waals surface area contributed by atoms with Crippen molar-refractivity contribution in [1.82, 2.24) is 9.88 Å². The third kappa shape index (κ3) is 2.23. The van der Waals surface area contributed by atoms with Gasteiger partial charge in [0.25, 0.3) is 5.91 Å². The van der Waals surface area contributed by atoms with Crippen molar-refractivity contribution in [3.05, 3.63) is 51.5 Å². The molecule has 0 saturated carbocycles. The fraction of sp³-hybridized carbons (Fsp3) is 0.333. The van der Waals surface area contributed by atoms with Gasteiger partial charge in [0.15, 0.2) is 0 Å².